The molecule has 2 rings (SSSR count). The van der Waals surface area contributed by atoms with E-state index in [-0.39, 0.29) is 5.96 Å². The molecule has 19 heavy (non-hydrogen) atoms. The molecule has 1 aromatic heterocycles. The molecular formula is C13H16N6. The van der Waals surface area contributed by atoms with Crippen LogP contribution in [0, 0.1) is 26.2 Å². The number of nitrogens with zero attached hydrogens (tertiary/aromatic N) is 4. The van der Waals surface area contributed by atoms with Crippen LogP contribution in [-0.4, -0.2) is 15.7 Å². The number of aryl methyl sites for hydroxylation is 2. The van der Waals surface area contributed by atoms with E-state index in [1.807, 2.05) is 45.0 Å². The number of aromatic nitrogens is 2. The van der Waals surface area contributed by atoms with Crippen molar-refractivity contribution < 1.29 is 0 Å². The molecule has 0 amide bonds. The van der Waals surface area contributed by atoms with Crippen LogP contribution in [0.2, 0.25) is 0 Å². The second-order valence-electron chi connectivity index (χ2n) is 4.35. The quantitative estimate of drug-likeness (QED) is 0.491. The lowest BCUT2D eigenvalue weighted by Crippen LogP contribution is -2.22. The Morgan fingerprint density at radius 1 is 1.16 bits per heavy atom. The van der Waals surface area contributed by atoms with Gasteiger partial charge >= 0.3 is 0 Å². The summed E-state index contributed by atoms with van der Waals surface area (Å²) in [4.78, 5) is 0. The van der Waals surface area contributed by atoms with Gasteiger partial charge in [0.2, 0.25) is 5.96 Å². The Bertz CT molecular complexity index is 636. The minimum Gasteiger partial charge on any atom is -0.368 e. The minimum absolute atomic E-state index is 0.127. The molecule has 2 aromatic rings. The number of nitrogen functional groups attached to an aromatic ring is 1. The molecule has 0 saturated heterocycles. The van der Waals surface area contributed by atoms with Gasteiger partial charge in [-0.3, -0.25) is 5.41 Å². The van der Waals surface area contributed by atoms with Gasteiger partial charge in [-0.25, -0.2) is 4.68 Å². The third kappa shape index (κ3) is 2.67. The maximum Gasteiger partial charge on any atom is 0.213 e. The van der Waals surface area contributed by atoms with Crippen LogP contribution in [0.4, 0.5) is 11.4 Å². The van der Waals surface area contributed by atoms with Crippen LogP contribution in [0.1, 0.15) is 17.0 Å². The molecular weight excluding hydrogens is 240 g/mol. The predicted molar refractivity (Wildman–Crippen MR) is 74.4 cm³/mol. The lowest BCUT2D eigenvalue weighted by atomic mass is 10.2. The SMILES string of the molecule is Cc1ccc(N=Nc2c(C)nn(C(=N)N)c2C)cc1. The molecule has 0 saturated carbocycles. The van der Waals surface area contributed by atoms with E-state index >= 15 is 0 Å². The third-order valence-corrected chi connectivity index (χ3v) is 2.78. The van der Waals surface area contributed by atoms with Gasteiger partial charge in [-0.2, -0.15) is 10.2 Å². The van der Waals surface area contributed by atoms with Gasteiger partial charge in [0.05, 0.1) is 17.1 Å². The Hall–Kier alpha value is -2.50. The first-order valence-electron chi connectivity index (χ1n) is 5.88. The topological polar surface area (TPSA) is 92.4 Å². The summed E-state index contributed by atoms with van der Waals surface area (Å²) in [6, 6.07) is 7.76. The maximum atomic E-state index is 7.41. The van der Waals surface area contributed by atoms with Crippen molar-refractivity contribution in [1.82, 2.24) is 9.78 Å². The maximum absolute atomic E-state index is 7.41. The Labute approximate surface area is 111 Å². The summed E-state index contributed by atoms with van der Waals surface area (Å²) in [7, 11) is 0. The first-order chi connectivity index (χ1) is 8.99. The van der Waals surface area contributed by atoms with Crippen LogP contribution in [0.15, 0.2) is 34.5 Å². The van der Waals surface area contributed by atoms with Crippen molar-refractivity contribution in [3.8, 4) is 0 Å². The van der Waals surface area contributed by atoms with Crippen LogP contribution in [-0.2, 0) is 0 Å². The van der Waals surface area contributed by atoms with Gasteiger partial charge in [-0.15, -0.1) is 5.11 Å². The van der Waals surface area contributed by atoms with Crippen molar-refractivity contribution in [2.24, 2.45) is 16.0 Å². The Balaban J connectivity index is 2.33. The van der Waals surface area contributed by atoms with Crippen molar-refractivity contribution >= 4 is 17.3 Å². The van der Waals surface area contributed by atoms with Crippen molar-refractivity contribution in [2.45, 2.75) is 20.8 Å². The van der Waals surface area contributed by atoms with E-state index in [1.165, 1.54) is 10.2 Å². The average molecular weight is 256 g/mol. The fraction of sp³-hybridized carbons (Fsp3) is 0.231. The molecule has 0 radical (unpaired) electrons. The molecule has 98 valence electrons. The number of hydrogen-bond acceptors (Lipinski definition) is 4. The second kappa shape index (κ2) is 5.01. The van der Waals surface area contributed by atoms with E-state index in [0.29, 0.717) is 17.1 Å². The van der Waals surface area contributed by atoms with E-state index in [9.17, 15) is 0 Å². The summed E-state index contributed by atoms with van der Waals surface area (Å²) < 4.78 is 1.35. The van der Waals surface area contributed by atoms with Crippen LogP contribution in [0.3, 0.4) is 0 Å². The standard InChI is InChI=1S/C13H16N6/c1-8-4-6-11(7-5-8)16-17-12-9(2)18-19(10(12)3)13(14)15/h4-7H,1-3H3,(H3,14,15). The van der Waals surface area contributed by atoms with E-state index in [4.69, 9.17) is 11.1 Å². The smallest absolute Gasteiger partial charge is 0.213 e. The highest BCUT2D eigenvalue weighted by Crippen LogP contribution is 2.25. The van der Waals surface area contributed by atoms with Crippen molar-refractivity contribution in [3.63, 3.8) is 0 Å². The largest absolute Gasteiger partial charge is 0.368 e. The molecule has 0 aliphatic rings. The van der Waals surface area contributed by atoms with Gasteiger partial charge in [0.25, 0.3) is 0 Å². The monoisotopic (exact) mass is 256 g/mol. The summed E-state index contributed by atoms with van der Waals surface area (Å²) in [5.74, 6) is -0.127. The lowest BCUT2D eigenvalue weighted by molar-refractivity contribution is 0.863. The average Bonchev–Trinajstić information content (AvgIpc) is 2.65. The van der Waals surface area contributed by atoms with Gasteiger partial charge in [-0.05, 0) is 32.9 Å². The normalized spacial score (nSPS) is 11.1. The molecule has 3 N–H and O–H groups in total. The van der Waals surface area contributed by atoms with E-state index in [1.54, 1.807) is 0 Å². The Morgan fingerprint density at radius 2 is 1.79 bits per heavy atom. The summed E-state index contributed by atoms with van der Waals surface area (Å²) in [6.45, 7) is 5.65. The molecule has 1 aromatic carbocycles. The van der Waals surface area contributed by atoms with Gasteiger partial charge in [-0.1, -0.05) is 17.7 Å². The molecule has 0 aliphatic carbocycles. The summed E-state index contributed by atoms with van der Waals surface area (Å²) in [6.07, 6.45) is 0. The van der Waals surface area contributed by atoms with Crippen LogP contribution >= 0.6 is 0 Å². The van der Waals surface area contributed by atoms with E-state index in [0.717, 1.165) is 5.69 Å². The summed E-state index contributed by atoms with van der Waals surface area (Å²) in [5.41, 5.74) is 9.44. The fourth-order valence-corrected chi connectivity index (χ4v) is 1.73. The molecule has 0 aliphatic heterocycles. The van der Waals surface area contributed by atoms with Crippen LogP contribution in [0.25, 0.3) is 0 Å². The third-order valence-electron chi connectivity index (χ3n) is 2.78. The highest BCUT2D eigenvalue weighted by atomic mass is 15.4. The number of benzene rings is 1. The number of nitrogens with one attached hydrogen (secondary N) is 1. The molecule has 6 heteroatoms. The van der Waals surface area contributed by atoms with E-state index < -0.39 is 0 Å². The zero-order chi connectivity index (χ0) is 14.0. The van der Waals surface area contributed by atoms with Crippen molar-refractivity contribution in [2.75, 3.05) is 0 Å². The molecule has 6 nitrogen and oxygen atoms in total. The van der Waals surface area contributed by atoms with Crippen LogP contribution < -0.4 is 5.73 Å². The zero-order valence-corrected chi connectivity index (χ0v) is 11.2. The lowest BCUT2D eigenvalue weighted by Gasteiger charge is -1.98. The zero-order valence-electron chi connectivity index (χ0n) is 11.2. The summed E-state index contributed by atoms with van der Waals surface area (Å²) in [5, 5.41) is 19.9. The van der Waals surface area contributed by atoms with Crippen molar-refractivity contribution in [3.05, 3.63) is 41.2 Å². The van der Waals surface area contributed by atoms with Gasteiger partial charge in [0, 0.05) is 0 Å². The molecule has 0 atom stereocenters. The molecule has 0 unspecified atom stereocenters. The number of nitrogens with two attached hydrogens (primary N) is 1. The molecule has 0 spiro atoms. The van der Waals surface area contributed by atoms with Gasteiger partial charge in [0.15, 0.2) is 0 Å². The number of azo groups is 1. The number of hydrogen-bond donors (Lipinski definition) is 2. The molecule has 1 heterocycles. The summed E-state index contributed by atoms with van der Waals surface area (Å²) >= 11 is 0. The predicted octanol–water partition coefficient (Wildman–Crippen LogP) is 2.97. The van der Waals surface area contributed by atoms with Gasteiger partial charge in [0.1, 0.15) is 5.69 Å². The van der Waals surface area contributed by atoms with Crippen LogP contribution in [0.5, 0.6) is 0 Å². The first-order valence-corrected chi connectivity index (χ1v) is 5.88. The Kier molecular flexibility index (Phi) is 3.41. The highest BCUT2D eigenvalue weighted by molar-refractivity contribution is 5.78. The van der Waals surface area contributed by atoms with E-state index in [2.05, 4.69) is 15.3 Å². The second-order valence-corrected chi connectivity index (χ2v) is 4.35. The van der Waals surface area contributed by atoms with Crippen molar-refractivity contribution in [1.29, 1.82) is 5.41 Å². The van der Waals surface area contributed by atoms with Gasteiger partial charge < -0.3 is 5.73 Å². The molecule has 0 fully saturated rings. The Morgan fingerprint density at radius 3 is 2.32 bits per heavy atom. The highest BCUT2D eigenvalue weighted by Gasteiger charge is 2.12. The molecule has 0 bridgehead atoms. The minimum atomic E-state index is -0.127. The fourth-order valence-electron chi connectivity index (χ4n) is 1.73. The first kappa shape index (κ1) is 12.9. The number of rotatable bonds is 2.